The Morgan fingerprint density at radius 2 is 2.10 bits per heavy atom. The van der Waals surface area contributed by atoms with E-state index in [2.05, 4.69) is 5.32 Å². The van der Waals surface area contributed by atoms with Crippen molar-refractivity contribution in [3.05, 3.63) is 45.4 Å². The van der Waals surface area contributed by atoms with Crippen LogP contribution in [0, 0.1) is 24.2 Å². The number of hydrogen-bond acceptors (Lipinski definition) is 7. The topological polar surface area (TPSA) is 117 Å². The molecule has 0 spiro atoms. The SMILES string of the molecule is CCOC(=O)C1CCN(c2nc3c(C)cccn3c(=O)c2/C=C(\C#N)C(=O)NC)CC1. The molecule has 2 aromatic rings. The van der Waals surface area contributed by atoms with Crippen molar-refractivity contribution in [2.24, 2.45) is 5.92 Å². The molecule has 0 saturated carbocycles. The van der Waals surface area contributed by atoms with Crippen LogP contribution in [0.25, 0.3) is 11.7 Å². The summed E-state index contributed by atoms with van der Waals surface area (Å²) in [6.45, 7) is 4.98. The summed E-state index contributed by atoms with van der Waals surface area (Å²) < 4.78 is 6.54. The van der Waals surface area contributed by atoms with E-state index in [1.807, 2.05) is 24.0 Å². The predicted octanol–water partition coefficient (Wildman–Crippen LogP) is 1.44. The summed E-state index contributed by atoms with van der Waals surface area (Å²) in [5.41, 5.74) is 0.942. The summed E-state index contributed by atoms with van der Waals surface area (Å²) >= 11 is 0. The number of amides is 1. The highest BCUT2D eigenvalue weighted by Gasteiger charge is 2.29. The largest absolute Gasteiger partial charge is 0.466 e. The number of anilines is 1. The van der Waals surface area contributed by atoms with Gasteiger partial charge in [-0.25, -0.2) is 4.98 Å². The van der Waals surface area contributed by atoms with Gasteiger partial charge in [0.15, 0.2) is 0 Å². The van der Waals surface area contributed by atoms with Gasteiger partial charge in [0.25, 0.3) is 11.5 Å². The number of ether oxygens (including phenoxy) is 1. The molecule has 2 aromatic heterocycles. The first-order valence-electron chi connectivity index (χ1n) is 10.2. The Kier molecular flexibility index (Phi) is 6.70. The number of nitrogens with one attached hydrogen (secondary N) is 1. The fourth-order valence-electron chi connectivity index (χ4n) is 3.68. The van der Waals surface area contributed by atoms with Crippen molar-refractivity contribution in [1.82, 2.24) is 14.7 Å². The molecule has 1 aliphatic heterocycles. The van der Waals surface area contributed by atoms with Crippen LogP contribution in [0.2, 0.25) is 0 Å². The first-order chi connectivity index (χ1) is 14.9. The van der Waals surface area contributed by atoms with E-state index in [1.165, 1.54) is 17.5 Å². The zero-order chi connectivity index (χ0) is 22.5. The number of likely N-dealkylation sites (N-methyl/N-ethyl adjacent to an activating group) is 1. The van der Waals surface area contributed by atoms with E-state index in [0.717, 1.165) is 5.56 Å². The number of hydrogen-bond donors (Lipinski definition) is 1. The zero-order valence-corrected chi connectivity index (χ0v) is 17.8. The molecule has 3 heterocycles. The molecule has 1 N–H and O–H groups in total. The molecule has 9 heteroatoms. The smallest absolute Gasteiger partial charge is 0.309 e. The lowest BCUT2D eigenvalue weighted by Gasteiger charge is -2.32. The molecule has 3 rings (SSSR count). The number of fused-ring (bicyclic) bond motifs is 1. The van der Waals surface area contributed by atoms with Crippen molar-refractivity contribution in [2.75, 3.05) is 31.6 Å². The molecule has 0 unspecified atom stereocenters. The maximum Gasteiger partial charge on any atom is 0.309 e. The average Bonchev–Trinajstić information content (AvgIpc) is 2.78. The second kappa shape index (κ2) is 9.43. The molecule has 1 saturated heterocycles. The van der Waals surface area contributed by atoms with Gasteiger partial charge in [0, 0.05) is 26.3 Å². The van der Waals surface area contributed by atoms with Crippen LogP contribution in [0.4, 0.5) is 5.82 Å². The molecule has 0 aromatic carbocycles. The number of nitrogens with zero attached hydrogens (tertiary/aromatic N) is 4. The van der Waals surface area contributed by atoms with Gasteiger partial charge < -0.3 is 15.0 Å². The van der Waals surface area contributed by atoms with Crippen molar-refractivity contribution >= 4 is 29.4 Å². The van der Waals surface area contributed by atoms with Crippen LogP contribution < -0.4 is 15.8 Å². The van der Waals surface area contributed by atoms with E-state index >= 15 is 0 Å². The van der Waals surface area contributed by atoms with E-state index in [4.69, 9.17) is 9.72 Å². The van der Waals surface area contributed by atoms with E-state index in [1.54, 1.807) is 19.2 Å². The quantitative estimate of drug-likeness (QED) is 0.439. The van der Waals surface area contributed by atoms with Gasteiger partial charge >= 0.3 is 5.97 Å². The van der Waals surface area contributed by atoms with E-state index in [0.29, 0.717) is 44.0 Å². The monoisotopic (exact) mass is 423 g/mol. The normalized spacial score (nSPS) is 14.9. The van der Waals surface area contributed by atoms with Crippen LogP contribution >= 0.6 is 0 Å². The fraction of sp³-hybridized carbons (Fsp3) is 0.409. The standard InChI is InChI=1S/C22H25N5O4/c1-4-31-22(30)15-7-10-26(11-8-15)19-17(12-16(13-23)20(28)24-3)21(29)27-9-5-6-14(2)18(27)25-19/h5-6,9,12,15H,4,7-8,10-11H2,1-3H3,(H,24,28)/b16-12+. The number of esters is 1. The van der Waals surface area contributed by atoms with Crippen LogP contribution in [0.5, 0.6) is 0 Å². The van der Waals surface area contributed by atoms with E-state index in [9.17, 15) is 19.6 Å². The number of nitriles is 1. The lowest BCUT2D eigenvalue weighted by Crippen LogP contribution is -2.39. The van der Waals surface area contributed by atoms with Crippen molar-refractivity contribution < 1.29 is 14.3 Å². The lowest BCUT2D eigenvalue weighted by atomic mass is 9.96. The molecule has 162 valence electrons. The minimum atomic E-state index is -0.580. The Labute approximate surface area is 179 Å². The number of rotatable bonds is 5. The minimum absolute atomic E-state index is 0.165. The molecule has 0 radical (unpaired) electrons. The number of carbonyl (C=O) groups is 2. The Hall–Kier alpha value is -3.67. The van der Waals surface area contributed by atoms with Crippen molar-refractivity contribution in [3.8, 4) is 6.07 Å². The summed E-state index contributed by atoms with van der Waals surface area (Å²) in [6, 6.07) is 5.45. The first kappa shape index (κ1) is 22.0. The molecule has 0 bridgehead atoms. The maximum absolute atomic E-state index is 13.3. The predicted molar refractivity (Wildman–Crippen MR) is 115 cm³/mol. The number of aromatic nitrogens is 2. The third-order valence-electron chi connectivity index (χ3n) is 5.36. The van der Waals surface area contributed by atoms with Crippen molar-refractivity contribution in [1.29, 1.82) is 5.26 Å². The third-order valence-corrected chi connectivity index (χ3v) is 5.36. The highest BCUT2D eigenvalue weighted by atomic mass is 16.5. The molecule has 0 atom stereocenters. The van der Waals surface area contributed by atoms with Gasteiger partial charge in [-0.3, -0.25) is 18.8 Å². The van der Waals surface area contributed by atoms with Gasteiger partial charge in [-0.1, -0.05) is 6.07 Å². The maximum atomic E-state index is 13.3. The average molecular weight is 423 g/mol. The second-order valence-corrected chi connectivity index (χ2v) is 7.30. The van der Waals surface area contributed by atoms with Gasteiger partial charge in [0.1, 0.15) is 23.1 Å². The molecular weight excluding hydrogens is 398 g/mol. The van der Waals surface area contributed by atoms with Gasteiger partial charge in [0.05, 0.1) is 18.1 Å². The minimum Gasteiger partial charge on any atom is -0.466 e. The lowest BCUT2D eigenvalue weighted by molar-refractivity contribution is -0.148. The molecule has 1 aliphatic rings. The van der Waals surface area contributed by atoms with Crippen LogP contribution in [0.3, 0.4) is 0 Å². The van der Waals surface area contributed by atoms with Crippen molar-refractivity contribution in [3.63, 3.8) is 0 Å². The fourth-order valence-corrected chi connectivity index (χ4v) is 3.68. The number of piperidine rings is 1. The Bertz CT molecular complexity index is 1140. The highest BCUT2D eigenvalue weighted by Crippen LogP contribution is 2.26. The Morgan fingerprint density at radius 1 is 1.39 bits per heavy atom. The van der Waals surface area contributed by atoms with Crippen molar-refractivity contribution in [2.45, 2.75) is 26.7 Å². The molecule has 9 nitrogen and oxygen atoms in total. The molecule has 1 amide bonds. The van der Waals surface area contributed by atoms with E-state index < -0.39 is 5.91 Å². The molecule has 1 fully saturated rings. The number of carbonyl (C=O) groups excluding carboxylic acids is 2. The first-order valence-corrected chi connectivity index (χ1v) is 10.2. The van der Waals surface area contributed by atoms with Crippen LogP contribution in [0.15, 0.2) is 28.7 Å². The number of pyridine rings is 1. The zero-order valence-electron chi connectivity index (χ0n) is 17.8. The summed E-state index contributed by atoms with van der Waals surface area (Å²) in [6.07, 6.45) is 4.03. The summed E-state index contributed by atoms with van der Waals surface area (Å²) in [7, 11) is 1.42. The molecule has 0 aliphatic carbocycles. The van der Waals surface area contributed by atoms with Crippen LogP contribution in [0.1, 0.15) is 30.9 Å². The molecule has 31 heavy (non-hydrogen) atoms. The Balaban J connectivity index is 2.10. The van der Waals surface area contributed by atoms with E-state index in [-0.39, 0.29) is 28.6 Å². The number of aryl methyl sites for hydroxylation is 1. The van der Waals surface area contributed by atoms with Gasteiger partial charge in [0.2, 0.25) is 0 Å². The second-order valence-electron chi connectivity index (χ2n) is 7.30. The van der Waals surface area contributed by atoms with Gasteiger partial charge in [-0.2, -0.15) is 5.26 Å². The summed E-state index contributed by atoms with van der Waals surface area (Å²) in [5.74, 6) is -0.587. The van der Waals surface area contributed by atoms with Gasteiger partial charge in [-0.15, -0.1) is 0 Å². The highest BCUT2D eigenvalue weighted by molar-refractivity contribution is 6.02. The van der Waals surface area contributed by atoms with Gasteiger partial charge in [-0.05, 0) is 44.4 Å². The molecular formula is C22H25N5O4. The third kappa shape index (κ3) is 4.43. The van der Waals surface area contributed by atoms with Crippen LogP contribution in [-0.2, 0) is 14.3 Å². The summed E-state index contributed by atoms with van der Waals surface area (Å²) in [5, 5.41) is 11.8. The Morgan fingerprint density at radius 3 is 2.71 bits per heavy atom. The summed E-state index contributed by atoms with van der Waals surface area (Å²) in [4.78, 5) is 44.1. The van der Waals surface area contributed by atoms with Crippen LogP contribution in [-0.4, -0.2) is 48.0 Å².